The molecule has 0 radical (unpaired) electrons. The maximum absolute atomic E-state index is 4.17. The van der Waals surface area contributed by atoms with Gasteiger partial charge < -0.3 is 4.90 Å². The van der Waals surface area contributed by atoms with Gasteiger partial charge in [-0.05, 0) is 45.6 Å². The van der Waals surface area contributed by atoms with Crippen LogP contribution in [-0.2, 0) is 0 Å². The van der Waals surface area contributed by atoms with Crippen molar-refractivity contribution in [3.8, 4) is 0 Å². The third-order valence-electron chi connectivity index (χ3n) is 2.37. The van der Waals surface area contributed by atoms with Crippen LogP contribution in [0.25, 0.3) is 0 Å². The molecular formula is C13H24N2. The van der Waals surface area contributed by atoms with E-state index in [-0.39, 0.29) is 0 Å². The molecule has 1 aromatic rings. The predicted octanol–water partition coefficient (Wildman–Crippen LogP) is 3.05. The zero-order valence-electron chi connectivity index (χ0n) is 10.7. The second kappa shape index (κ2) is 8.42. The molecule has 1 heterocycles. The summed E-state index contributed by atoms with van der Waals surface area (Å²) in [6.45, 7) is 14.1. The molecule has 1 aromatic heterocycles. The van der Waals surface area contributed by atoms with Gasteiger partial charge >= 0.3 is 0 Å². The smallest absolute Gasteiger partial charge is 0.0375 e. The van der Waals surface area contributed by atoms with E-state index in [0.29, 0.717) is 0 Å². The molecule has 0 saturated carbocycles. The van der Waals surface area contributed by atoms with Crippen molar-refractivity contribution in [1.29, 1.82) is 0 Å². The van der Waals surface area contributed by atoms with Crippen molar-refractivity contribution < 1.29 is 0 Å². The van der Waals surface area contributed by atoms with Crippen LogP contribution in [-0.4, -0.2) is 29.5 Å². The number of nitrogens with zero attached hydrogens (tertiary/aromatic N) is 2. The Morgan fingerprint density at radius 3 is 1.47 bits per heavy atom. The van der Waals surface area contributed by atoms with Crippen LogP contribution in [0, 0.1) is 13.8 Å². The van der Waals surface area contributed by atoms with Gasteiger partial charge in [0.15, 0.2) is 0 Å². The largest absolute Gasteiger partial charge is 0.304 e. The Bertz CT molecular complexity index is 232. The van der Waals surface area contributed by atoms with Gasteiger partial charge in [-0.25, -0.2) is 0 Å². The van der Waals surface area contributed by atoms with E-state index in [2.05, 4.69) is 30.7 Å². The number of hydrogen-bond donors (Lipinski definition) is 0. The summed E-state index contributed by atoms with van der Waals surface area (Å²) in [5, 5.41) is 0. The molecule has 0 aromatic carbocycles. The first-order valence-corrected chi connectivity index (χ1v) is 5.76. The molecule has 0 bridgehead atoms. The predicted molar refractivity (Wildman–Crippen MR) is 67.2 cm³/mol. The van der Waals surface area contributed by atoms with E-state index in [1.807, 2.05) is 32.0 Å². The molecule has 0 fully saturated rings. The first-order chi connectivity index (χ1) is 7.13. The lowest BCUT2D eigenvalue weighted by Crippen LogP contribution is -2.21. The van der Waals surface area contributed by atoms with Crippen LogP contribution < -0.4 is 0 Å². The van der Waals surface area contributed by atoms with Crippen LogP contribution in [0.1, 0.15) is 32.2 Å². The Labute approximate surface area is 94.3 Å². The van der Waals surface area contributed by atoms with Gasteiger partial charge in [0.05, 0.1) is 0 Å². The summed E-state index contributed by atoms with van der Waals surface area (Å²) in [7, 11) is 0. The molecule has 2 nitrogen and oxygen atoms in total. The molecule has 0 atom stereocenters. The average Bonchev–Trinajstić information content (AvgIpc) is 2.21. The van der Waals surface area contributed by atoms with Gasteiger partial charge in [-0.3, -0.25) is 4.98 Å². The van der Waals surface area contributed by atoms with Crippen molar-refractivity contribution in [2.75, 3.05) is 19.6 Å². The van der Waals surface area contributed by atoms with E-state index in [0.717, 1.165) is 11.4 Å². The van der Waals surface area contributed by atoms with E-state index in [9.17, 15) is 0 Å². The summed E-state index contributed by atoms with van der Waals surface area (Å²) in [5.41, 5.74) is 2.18. The minimum atomic E-state index is 1.09. The number of hydrogen-bond acceptors (Lipinski definition) is 2. The van der Waals surface area contributed by atoms with Crippen LogP contribution in [0.2, 0.25) is 0 Å². The zero-order valence-corrected chi connectivity index (χ0v) is 10.7. The summed E-state index contributed by atoms with van der Waals surface area (Å²) in [4.78, 5) is 6.55. The Hall–Kier alpha value is -0.890. The van der Waals surface area contributed by atoms with Crippen molar-refractivity contribution in [2.45, 2.75) is 34.6 Å². The third-order valence-corrected chi connectivity index (χ3v) is 2.37. The summed E-state index contributed by atoms with van der Waals surface area (Å²) in [5.74, 6) is 0. The summed E-state index contributed by atoms with van der Waals surface area (Å²) in [6.07, 6.45) is 0. The number of aryl methyl sites for hydroxylation is 2. The van der Waals surface area contributed by atoms with E-state index in [1.54, 1.807) is 0 Å². The summed E-state index contributed by atoms with van der Waals surface area (Å²) < 4.78 is 0. The second-order valence-electron chi connectivity index (χ2n) is 3.54. The highest BCUT2D eigenvalue weighted by atomic mass is 15.1. The summed E-state index contributed by atoms with van der Waals surface area (Å²) >= 11 is 0. The quantitative estimate of drug-likeness (QED) is 0.759. The Kier molecular flexibility index (Phi) is 7.92. The van der Waals surface area contributed by atoms with E-state index in [4.69, 9.17) is 0 Å². The molecule has 0 amide bonds. The first kappa shape index (κ1) is 14.1. The minimum absolute atomic E-state index is 1.09. The monoisotopic (exact) mass is 208 g/mol. The Morgan fingerprint density at radius 2 is 1.33 bits per heavy atom. The van der Waals surface area contributed by atoms with Crippen molar-refractivity contribution in [2.24, 2.45) is 0 Å². The topological polar surface area (TPSA) is 16.1 Å². The highest BCUT2D eigenvalue weighted by Crippen LogP contribution is 1.93. The van der Waals surface area contributed by atoms with E-state index < -0.39 is 0 Å². The summed E-state index contributed by atoms with van der Waals surface area (Å²) in [6, 6.07) is 6.00. The van der Waals surface area contributed by atoms with Crippen molar-refractivity contribution >= 4 is 0 Å². The lowest BCUT2D eigenvalue weighted by molar-refractivity contribution is 0.321. The molecule has 0 spiro atoms. The normalized spacial score (nSPS) is 9.73. The molecule has 0 saturated heterocycles. The van der Waals surface area contributed by atoms with Gasteiger partial charge in [0.25, 0.3) is 0 Å². The highest BCUT2D eigenvalue weighted by molar-refractivity contribution is 5.07. The Balaban J connectivity index is 0.000000265. The molecule has 0 N–H and O–H groups in total. The number of rotatable bonds is 3. The van der Waals surface area contributed by atoms with Crippen LogP contribution in [0.5, 0.6) is 0 Å². The molecule has 2 heteroatoms. The first-order valence-electron chi connectivity index (χ1n) is 5.76. The van der Waals surface area contributed by atoms with Crippen LogP contribution >= 0.6 is 0 Å². The van der Waals surface area contributed by atoms with Crippen LogP contribution in [0.15, 0.2) is 18.2 Å². The van der Waals surface area contributed by atoms with Crippen molar-refractivity contribution in [3.05, 3.63) is 29.6 Å². The highest BCUT2D eigenvalue weighted by Gasteiger charge is 1.89. The second-order valence-corrected chi connectivity index (χ2v) is 3.54. The maximum atomic E-state index is 4.17. The van der Waals surface area contributed by atoms with Gasteiger partial charge in [-0.2, -0.15) is 0 Å². The van der Waals surface area contributed by atoms with Crippen LogP contribution in [0.3, 0.4) is 0 Å². The van der Waals surface area contributed by atoms with Crippen molar-refractivity contribution in [3.63, 3.8) is 0 Å². The lowest BCUT2D eigenvalue weighted by atomic mass is 10.3. The molecule has 0 unspecified atom stereocenters. The molecule has 0 aliphatic heterocycles. The van der Waals surface area contributed by atoms with Crippen LogP contribution in [0.4, 0.5) is 0 Å². The van der Waals surface area contributed by atoms with E-state index >= 15 is 0 Å². The van der Waals surface area contributed by atoms with Gasteiger partial charge in [0.1, 0.15) is 0 Å². The lowest BCUT2D eigenvalue weighted by Gasteiger charge is -2.13. The zero-order chi connectivity index (χ0) is 11.7. The fourth-order valence-electron chi connectivity index (χ4n) is 1.35. The van der Waals surface area contributed by atoms with Gasteiger partial charge in [0, 0.05) is 11.4 Å². The third kappa shape index (κ3) is 7.09. The number of aromatic nitrogens is 1. The molecule has 86 valence electrons. The van der Waals surface area contributed by atoms with Gasteiger partial charge in [-0.1, -0.05) is 26.8 Å². The fourth-order valence-corrected chi connectivity index (χ4v) is 1.35. The molecule has 0 aliphatic carbocycles. The minimum Gasteiger partial charge on any atom is -0.304 e. The maximum Gasteiger partial charge on any atom is 0.0375 e. The molecular weight excluding hydrogens is 184 g/mol. The molecule has 1 rings (SSSR count). The van der Waals surface area contributed by atoms with Gasteiger partial charge in [0.2, 0.25) is 0 Å². The molecule has 0 aliphatic rings. The number of pyridine rings is 1. The fraction of sp³-hybridized carbons (Fsp3) is 0.615. The van der Waals surface area contributed by atoms with E-state index in [1.165, 1.54) is 19.6 Å². The SMILES string of the molecule is CCN(CC)CC.Cc1cccc(C)n1. The molecule has 15 heavy (non-hydrogen) atoms. The Morgan fingerprint density at radius 1 is 0.933 bits per heavy atom. The average molecular weight is 208 g/mol. The van der Waals surface area contributed by atoms with Crippen molar-refractivity contribution in [1.82, 2.24) is 9.88 Å². The standard InChI is InChI=1S/C7H9N.C6H15N/c1-6-4-3-5-7(2)8-6;1-4-7(5-2)6-3/h3-5H,1-2H3;4-6H2,1-3H3. The van der Waals surface area contributed by atoms with Gasteiger partial charge in [-0.15, -0.1) is 0 Å².